The molecule has 1 nitrogen and oxygen atoms in total. The first-order chi connectivity index (χ1) is 5.13. The molecule has 11 heavy (non-hydrogen) atoms. The van der Waals surface area contributed by atoms with Gasteiger partial charge in [0.25, 0.3) is 0 Å². The maximum atomic E-state index is 3.17. The van der Waals surface area contributed by atoms with Crippen LogP contribution >= 0.6 is 0 Å². The minimum Gasteiger partial charge on any atom is -0.377 e. The second-order valence-electron chi connectivity index (χ2n) is 3.01. The third-order valence-corrected chi connectivity index (χ3v) is 1.97. The number of hydrogen-bond donors (Lipinski definition) is 0. The molecule has 0 aliphatic heterocycles. The largest absolute Gasteiger partial charge is 0.377 e. The lowest BCUT2D eigenvalue weighted by Gasteiger charge is -2.16. The summed E-state index contributed by atoms with van der Waals surface area (Å²) in [5, 5.41) is 0. The fourth-order valence-electron chi connectivity index (χ4n) is 1.16. The van der Waals surface area contributed by atoms with Crippen LogP contribution in [0.2, 0.25) is 0 Å². The monoisotopic (exact) mass is 148 g/mol. The average Bonchev–Trinajstić information content (AvgIpc) is 1.94. The maximum absolute atomic E-state index is 3.17. The minimum atomic E-state index is 1.23. The van der Waals surface area contributed by atoms with Crippen LogP contribution in [-0.4, -0.2) is 14.1 Å². The lowest BCUT2D eigenvalue weighted by molar-refractivity contribution is 1.10. The van der Waals surface area contributed by atoms with Gasteiger partial charge in [0.1, 0.15) is 0 Å². The number of hydrogen-bond acceptors (Lipinski definition) is 1. The van der Waals surface area contributed by atoms with Crippen molar-refractivity contribution in [3.05, 3.63) is 29.3 Å². The summed E-state index contributed by atoms with van der Waals surface area (Å²) in [5.74, 6) is 0. The molecule has 0 aliphatic carbocycles. The van der Waals surface area contributed by atoms with Gasteiger partial charge in [-0.05, 0) is 37.1 Å². The second kappa shape index (κ2) is 2.95. The van der Waals surface area contributed by atoms with Gasteiger partial charge in [-0.1, -0.05) is 6.07 Å². The average molecular weight is 148 g/mol. The molecule has 0 heterocycles. The second-order valence-corrected chi connectivity index (χ2v) is 3.01. The molecule has 1 radical (unpaired) electrons. The molecule has 0 bridgehead atoms. The SMILES string of the molecule is Cc1[c]ccc(N(C)C)c1C. The number of rotatable bonds is 1. The van der Waals surface area contributed by atoms with Gasteiger partial charge in [-0.15, -0.1) is 0 Å². The molecule has 0 unspecified atom stereocenters. The Labute approximate surface area is 68.7 Å². The molecule has 0 spiro atoms. The van der Waals surface area contributed by atoms with Gasteiger partial charge in [-0.2, -0.15) is 0 Å². The molecule has 0 fully saturated rings. The fourth-order valence-corrected chi connectivity index (χ4v) is 1.16. The van der Waals surface area contributed by atoms with Gasteiger partial charge >= 0.3 is 0 Å². The first-order valence-corrected chi connectivity index (χ1v) is 3.78. The highest BCUT2D eigenvalue weighted by Crippen LogP contribution is 2.19. The minimum absolute atomic E-state index is 1.23. The van der Waals surface area contributed by atoms with Crippen LogP contribution in [0.25, 0.3) is 0 Å². The van der Waals surface area contributed by atoms with Gasteiger partial charge in [0, 0.05) is 19.8 Å². The fraction of sp³-hybridized carbons (Fsp3) is 0.400. The van der Waals surface area contributed by atoms with Crippen LogP contribution in [0.4, 0.5) is 5.69 Å². The van der Waals surface area contributed by atoms with E-state index in [-0.39, 0.29) is 0 Å². The van der Waals surface area contributed by atoms with E-state index in [9.17, 15) is 0 Å². The zero-order valence-corrected chi connectivity index (χ0v) is 7.60. The first kappa shape index (κ1) is 8.12. The van der Waals surface area contributed by atoms with Crippen molar-refractivity contribution in [3.63, 3.8) is 0 Å². The van der Waals surface area contributed by atoms with Crippen molar-refractivity contribution in [2.24, 2.45) is 0 Å². The van der Waals surface area contributed by atoms with Crippen LogP contribution in [-0.2, 0) is 0 Å². The summed E-state index contributed by atoms with van der Waals surface area (Å²) < 4.78 is 0. The Bertz CT molecular complexity index is 251. The van der Waals surface area contributed by atoms with E-state index in [1.807, 2.05) is 6.07 Å². The van der Waals surface area contributed by atoms with E-state index in [4.69, 9.17) is 0 Å². The predicted octanol–water partition coefficient (Wildman–Crippen LogP) is 2.17. The number of benzene rings is 1. The van der Waals surface area contributed by atoms with E-state index in [2.05, 4.69) is 45.0 Å². The van der Waals surface area contributed by atoms with Crippen LogP contribution in [0, 0.1) is 19.9 Å². The highest BCUT2D eigenvalue weighted by molar-refractivity contribution is 5.54. The highest BCUT2D eigenvalue weighted by atomic mass is 15.1. The Hall–Kier alpha value is -0.980. The van der Waals surface area contributed by atoms with Gasteiger partial charge in [-0.25, -0.2) is 0 Å². The van der Waals surface area contributed by atoms with E-state index in [1.54, 1.807) is 0 Å². The van der Waals surface area contributed by atoms with Gasteiger partial charge < -0.3 is 4.90 Å². The number of anilines is 1. The Balaban J connectivity index is 3.17. The van der Waals surface area contributed by atoms with Gasteiger partial charge in [0.05, 0.1) is 0 Å². The third-order valence-electron chi connectivity index (χ3n) is 1.97. The molecule has 1 aromatic carbocycles. The highest BCUT2D eigenvalue weighted by Gasteiger charge is 2.00. The summed E-state index contributed by atoms with van der Waals surface area (Å²) in [4.78, 5) is 2.12. The number of aryl methyl sites for hydroxylation is 1. The Morgan fingerprint density at radius 2 is 1.91 bits per heavy atom. The van der Waals surface area contributed by atoms with Crippen LogP contribution < -0.4 is 4.90 Å². The molecule has 0 aliphatic rings. The summed E-state index contributed by atoms with van der Waals surface area (Å²) in [6, 6.07) is 7.22. The molecule has 1 rings (SSSR count). The van der Waals surface area contributed by atoms with Crippen molar-refractivity contribution in [2.45, 2.75) is 13.8 Å². The molecule has 1 heteroatoms. The van der Waals surface area contributed by atoms with E-state index >= 15 is 0 Å². The van der Waals surface area contributed by atoms with E-state index < -0.39 is 0 Å². The summed E-state index contributed by atoms with van der Waals surface area (Å²) in [6.45, 7) is 4.21. The van der Waals surface area contributed by atoms with Gasteiger partial charge in [-0.3, -0.25) is 0 Å². The lowest BCUT2D eigenvalue weighted by atomic mass is 10.1. The van der Waals surface area contributed by atoms with Gasteiger partial charge in [0.15, 0.2) is 0 Å². The van der Waals surface area contributed by atoms with Crippen molar-refractivity contribution in [1.29, 1.82) is 0 Å². The molecule has 59 valence electrons. The molecule has 0 amide bonds. The topological polar surface area (TPSA) is 3.24 Å². The third kappa shape index (κ3) is 1.53. The predicted molar refractivity (Wildman–Crippen MR) is 49.1 cm³/mol. The van der Waals surface area contributed by atoms with E-state index in [0.717, 1.165) is 0 Å². The molecule has 0 atom stereocenters. The maximum Gasteiger partial charge on any atom is 0.0393 e. The zero-order chi connectivity index (χ0) is 8.43. The van der Waals surface area contributed by atoms with Gasteiger partial charge in [0.2, 0.25) is 0 Å². The summed E-state index contributed by atoms with van der Waals surface area (Å²) in [5.41, 5.74) is 3.83. The van der Waals surface area contributed by atoms with Crippen LogP contribution in [0.5, 0.6) is 0 Å². The quantitative estimate of drug-likeness (QED) is 0.590. The Morgan fingerprint density at radius 3 is 2.36 bits per heavy atom. The van der Waals surface area contributed by atoms with Crippen molar-refractivity contribution in [3.8, 4) is 0 Å². The molecular weight excluding hydrogens is 134 g/mol. The summed E-state index contributed by atoms with van der Waals surface area (Å²) in [6.07, 6.45) is 0. The first-order valence-electron chi connectivity index (χ1n) is 3.78. The molecule has 0 N–H and O–H groups in total. The molecule has 1 aromatic rings. The van der Waals surface area contributed by atoms with Crippen LogP contribution in [0.1, 0.15) is 11.1 Å². The summed E-state index contributed by atoms with van der Waals surface area (Å²) in [7, 11) is 4.11. The number of nitrogens with zero attached hydrogens (tertiary/aromatic N) is 1. The van der Waals surface area contributed by atoms with Crippen LogP contribution in [0.3, 0.4) is 0 Å². The van der Waals surface area contributed by atoms with E-state index in [0.29, 0.717) is 0 Å². The molecular formula is C10H14N. The van der Waals surface area contributed by atoms with Crippen molar-refractivity contribution < 1.29 is 0 Å². The molecule has 0 saturated carbocycles. The standard InChI is InChI=1S/C10H14N/c1-8-6-5-7-10(9(8)2)11(3)4/h5,7H,1-4H3. The molecule has 0 saturated heterocycles. The van der Waals surface area contributed by atoms with Crippen molar-refractivity contribution in [2.75, 3.05) is 19.0 Å². The normalized spacial score (nSPS) is 9.82. The van der Waals surface area contributed by atoms with Crippen molar-refractivity contribution in [1.82, 2.24) is 0 Å². The molecule has 0 aromatic heterocycles. The smallest absolute Gasteiger partial charge is 0.0393 e. The van der Waals surface area contributed by atoms with E-state index in [1.165, 1.54) is 16.8 Å². The van der Waals surface area contributed by atoms with Crippen LogP contribution in [0.15, 0.2) is 12.1 Å². The lowest BCUT2D eigenvalue weighted by Crippen LogP contribution is -2.10. The van der Waals surface area contributed by atoms with Crippen molar-refractivity contribution >= 4 is 5.69 Å². The Morgan fingerprint density at radius 1 is 1.27 bits per heavy atom. The zero-order valence-electron chi connectivity index (χ0n) is 7.60. The summed E-state index contributed by atoms with van der Waals surface area (Å²) >= 11 is 0. The Kier molecular flexibility index (Phi) is 2.18.